The van der Waals surface area contributed by atoms with Crippen molar-refractivity contribution in [2.75, 3.05) is 6.54 Å². The van der Waals surface area contributed by atoms with Crippen molar-refractivity contribution in [1.29, 1.82) is 0 Å². The van der Waals surface area contributed by atoms with E-state index in [2.05, 4.69) is 0 Å². The summed E-state index contributed by atoms with van der Waals surface area (Å²) in [5, 5.41) is 11.2. The molecule has 1 N–H and O–H groups in total. The number of nitrogens with zero attached hydrogens (tertiary/aromatic N) is 1. The Morgan fingerprint density at radius 2 is 2.15 bits per heavy atom. The molecular formula is C14H19NO4S. The summed E-state index contributed by atoms with van der Waals surface area (Å²) >= 11 is 1.44. The number of thiophene rings is 1. The lowest BCUT2D eigenvalue weighted by atomic mass is 10.0. The number of carbonyl (C=O) groups excluding carboxylic acids is 1. The lowest BCUT2D eigenvalue weighted by Crippen LogP contribution is -2.36. The maximum atomic E-state index is 12.1. The molecule has 6 heteroatoms. The maximum Gasteiger partial charge on any atom is 0.410 e. The summed E-state index contributed by atoms with van der Waals surface area (Å²) in [4.78, 5) is 25.9. The first-order valence-corrected chi connectivity index (χ1v) is 7.43. The number of rotatable bonds is 1. The molecule has 0 aliphatic carbocycles. The summed E-state index contributed by atoms with van der Waals surface area (Å²) in [6, 6.07) is 1.89. The third-order valence-corrected chi connectivity index (χ3v) is 4.17. The van der Waals surface area contributed by atoms with Gasteiger partial charge in [0.05, 0.1) is 12.5 Å². The minimum atomic E-state index is -0.834. The molecule has 1 amide bonds. The molecule has 1 aromatic rings. The molecule has 2 heterocycles. The molecule has 1 aliphatic rings. The van der Waals surface area contributed by atoms with Crippen LogP contribution in [0.3, 0.4) is 0 Å². The van der Waals surface area contributed by atoms with Crippen LogP contribution in [0.2, 0.25) is 0 Å². The van der Waals surface area contributed by atoms with Crippen molar-refractivity contribution in [3.05, 3.63) is 21.9 Å². The number of fused-ring (bicyclic) bond motifs is 1. The Morgan fingerprint density at radius 1 is 1.45 bits per heavy atom. The highest BCUT2D eigenvalue weighted by molar-refractivity contribution is 7.10. The minimum Gasteiger partial charge on any atom is -0.481 e. The van der Waals surface area contributed by atoms with Crippen LogP contribution in [-0.4, -0.2) is 34.2 Å². The summed E-state index contributed by atoms with van der Waals surface area (Å²) < 4.78 is 5.36. The fourth-order valence-electron chi connectivity index (χ4n) is 2.20. The molecule has 0 aromatic carbocycles. The van der Waals surface area contributed by atoms with Crippen LogP contribution in [0, 0.1) is 0 Å². The molecule has 0 spiro atoms. The van der Waals surface area contributed by atoms with E-state index in [1.807, 2.05) is 32.2 Å². The van der Waals surface area contributed by atoms with E-state index in [-0.39, 0.29) is 6.09 Å². The number of hydrogen-bond acceptors (Lipinski definition) is 4. The molecule has 5 nitrogen and oxygen atoms in total. The molecule has 0 radical (unpaired) electrons. The molecule has 1 aromatic heterocycles. The Morgan fingerprint density at radius 3 is 2.75 bits per heavy atom. The van der Waals surface area contributed by atoms with E-state index in [1.165, 1.54) is 11.3 Å². The molecule has 0 fully saturated rings. The second-order valence-electron chi connectivity index (χ2n) is 5.89. The lowest BCUT2D eigenvalue weighted by Gasteiger charge is -2.26. The maximum absolute atomic E-state index is 12.1. The lowest BCUT2D eigenvalue weighted by molar-refractivity contribution is -0.138. The number of amides is 1. The predicted octanol–water partition coefficient (Wildman–Crippen LogP) is 3.06. The van der Waals surface area contributed by atoms with Crippen LogP contribution < -0.4 is 0 Å². The highest BCUT2D eigenvalue weighted by Crippen LogP contribution is 2.33. The number of ether oxygens (including phenoxy) is 1. The van der Waals surface area contributed by atoms with Crippen LogP contribution in [0.4, 0.5) is 4.79 Å². The van der Waals surface area contributed by atoms with Gasteiger partial charge in [0, 0.05) is 11.4 Å². The van der Waals surface area contributed by atoms with E-state index in [9.17, 15) is 14.7 Å². The normalized spacial score (nSPS) is 19.1. The molecule has 1 aliphatic heterocycles. The largest absolute Gasteiger partial charge is 0.481 e. The minimum absolute atomic E-state index is 0.388. The second-order valence-corrected chi connectivity index (χ2v) is 6.84. The van der Waals surface area contributed by atoms with Gasteiger partial charge < -0.3 is 14.7 Å². The van der Waals surface area contributed by atoms with Gasteiger partial charge in [-0.15, -0.1) is 11.3 Å². The van der Waals surface area contributed by atoms with Gasteiger partial charge in [0.15, 0.2) is 0 Å². The molecule has 2 rings (SSSR count). The number of carboxylic acid groups (broad SMARTS) is 1. The third-order valence-electron chi connectivity index (χ3n) is 3.10. The van der Waals surface area contributed by atoms with E-state index >= 15 is 0 Å². The third kappa shape index (κ3) is 3.30. The van der Waals surface area contributed by atoms with Crippen molar-refractivity contribution in [1.82, 2.24) is 4.90 Å². The Bertz CT molecular complexity index is 517. The van der Waals surface area contributed by atoms with Crippen LogP contribution in [0.1, 0.15) is 43.6 Å². The van der Waals surface area contributed by atoms with Gasteiger partial charge in [0.1, 0.15) is 5.60 Å². The Balaban J connectivity index is 2.18. The molecular weight excluding hydrogens is 278 g/mol. The quantitative estimate of drug-likeness (QED) is 0.865. The summed E-state index contributed by atoms with van der Waals surface area (Å²) in [6.07, 6.45) is 0.0305. The number of aliphatic carboxylic acids is 1. The summed E-state index contributed by atoms with van der Waals surface area (Å²) in [5.41, 5.74) is 0.360. The standard InChI is InChI=1S/C14H19NO4S/c1-14(2,3)19-13(18)15-6-4-10(12(16)17)11-9(8-15)5-7-20-11/h5,7,10H,4,6,8H2,1-3H3,(H,16,17). The molecule has 20 heavy (non-hydrogen) atoms. The van der Waals surface area contributed by atoms with Crippen molar-refractivity contribution in [3.63, 3.8) is 0 Å². The summed E-state index contributed by atoms with van der Waals surface area (Å²) in [7, 11) is 0. The number of carboxylic acids is 1. The highest BCUT2D eigenvalue weighted by Gasteiger charge is 2.31. The SMILES string of the molecule is CC(C)(C)OC(=O)N1CCC(C(=O)O)c2sccc2C1. The van der Waals surface area contributed by atoms with Crippen LogP contribution in [-0.2, 0) is 16.1 Å². The van der Waals surface area contributed by atoms with Crippen LogP contribution >= 0.6 is 11.3 Å². The molecule has 0 saturated carbocycles. The van der Waals surface area contributed by atoms with Crippen LogP contribution in [0.25, 0.3) is 0 Å². The Kier molecular flexibility index (Phi) is 4.04. The van der Waals surface area contributed by atoms with Crippen molar-refractivity contribution < 1.29 is 19.4 Å². The number of carbonyl (C=O) groups is 2. The molecule has 1 unspecified atom stereocenters. The van der Waals surface area contributed by atoms with Gasteiger partial charge in [0.25, 0.3) is 0 Å². The van der Waals surface area contributed by atoms with Crippen molar-refractivity contribution in [2.24, 2.45) is 0 Å². The number of hydrogen-bond donors (Lipinski definition) is 1. The van der Waals surface area contributed by atoms with E-state index in [4.69, 9.17) is 4.74 Å². The predicted molar refractivity (Wildman–Crippen MR) is 76.0 cm³/mol. The smallest absolute Gasteiger partial charge is 0.410 e. The fraction of sp³-hybridized carbons (Fsp3) is 0.571. The fourth-order valence-corrected chi connectivity index (χ4v) is 3.25. The van der Waals surface area contributed by atoms with E-state index in [0.29, 0.717) is 19.5 Å². The molecule has 0 bridgehead atoms. The first-order valence-electron chi connectivity index (χ1n) is 6.55. The first-order chi connectivity index (χ1) is 9.28. The highest BCUT2D eigenvalue weighted by atomic mass is 32.1. The van der Waals surface area contributed by atoms with Crippen molar-refractivity contribution >= 4 is 23.4 Å². The zero-order valence-corrected chi connectivity index (χ0v) is 12.7. The molecule has 0 saturated heterocycles. The monoisotopic (exact) mass is 297 g/mol. The van der Waals surface area contributed by atoms with Gasteiger partial charge in [-0.1, -0.05) is 0 Å². The second kappa shape index (κ2) is 5.44. The molecule has 110 valence electrons. The summed E-state index contributed by atoms with van der Waals surface area (Å²) in [6.45, 7) is 6.27. The Labute approximate surface area is 122 Å². The average molecular weight is 297 g/mol. The van der Waals surface area contributed by atoms with Crippen molar-refractivity contribution in [2.45, 2.75) is 45.3 Å². The molecule has 1 atom stereocenters. The van der Waals surface area contributed by atoms with E-state index < -0.39 is 17.5 Å². The zero-order valence-electron chi connectivity index (χ0n) is 11.9. The summed E-state index contributed by atoms with van der Waals surface area (Å²) in [5.74, 6) is -1.36. The van der Waals surface area contributed by atoms with Gasteiger partial charge in [-0.3, -0.25) is 4.79 Å². The first kappa shape index (κ1) is 14.8. The van der Waals surface area contributed by atoms with Crippen molar-refractivity contribution in [3.8, 4) is 0 Å². The topological polar surface area (TPSA) is 66.8 Å². The van der Waals surface area contributed by atoms with Gasteiger partial charge in [-0.2, -0.15) is 0 Å². The Hall–Kier alpha value is -1.56. The zero-order chi connectivity index (χ0) is 14.9. The van der Waals surface area contributed by atoms with Gasteiger partial charge in [-0.05, 0) is 44.2 Å². The van der Waals surface area contributed by atoms with Gasteiger partial charge >= 0.3 is 12.1 Å². The van der Waals surface area contributed by atoms with E-state index in [1.54, 1.807) is 4.90 Å². The van der Waals surface area contributed by atoms with Gasteiger partial charge in [0.2, 0.25) is 0 Å². The average Bonchev–Trinajstić information content (AvgIpc) is 2.66. The van der Waals surface area contributed by atoms with Crippen LogP contribution in [0.15, 0.2) is 11.4 Å². The van der Waals surface area contributed by atoms with Gasteiger partial charge in [-0.25, -0.2) is 4.79 Å². The van der Waals surface area contributed by atoms with Crippen LogP contribution in [0.5, 0.6) is 0 Å². The van der Waals surface area contributed by atoms with E-state index in [0.717, 1.165) is 10.4 Å².